The van der Waals surface area contributed by atoms with Gasteiger partial charge in [-0.05, 0) is 13.3 Å². The Bertz CT molecular complexity index is 274. The Hall–Kier alpha value is -1.14. The summed E-state index contributed by atoms with van der Waals surface area (Å²) in [5.74, 6) is -1.13. The van der Waals surface area contributed by atoms with Crippen LogP contribution in [0, 0.1) is 0 Å². The van der Waals surface area contributed by atoms with Crippen molar-refractivity contribution in [3.8, 4) is 0 Å². The predicted molar refractivity (Wildman–Crippen MR) is 56.9 cm³/mol. The van der Waals surface area contributed by atoms with E-state index in [1.54, 1.807) is 6.92 Å². The molecular formula is C10H18N2O4. The Morgan fingerprint density at radius 3 is 2.69 bits per heavy atom. The number of carbonyl (C=O) groups is 2. The highest BCUT2D eigenvalue weighted by Gasteiger charge is 2.40. The third-order valence-electron chi connectivity index (χ3n) is 2.74. The predicted octanol–water partition coefficient (Wildman–Crippen LogP) is -0.573. The normalized spacial score (nSPS) is 24.4. The summed E-state index contributed by atoms with van der Waals surface area (Å²) in [4.78, 5) is 24.0. The molecule has 92 valence electrons. The van der Waals surface area contributed by atoms with E-state index in [4.69, 9.17) is 15.6 Å². The van der Waals surface area contributed by atoms with Gasteiger partial charge in [0.25, 0.3) is 0 Å². The fourth-order valence-corrected chi connectivity index (χ4v) is 1.70. The van der Waals surface area contributed by atoms with E-state index in [0.717, 1.165) is 0 Å². The fraction of sp³-hybridized carbons (Fsp3) is 0.800. The van der Waals surface area contributed by atoms with E-state index in [9.17, 15) is 9.59 Å². The molecule has 1 amide bonds. The minimum Gasteiger partial charge on any atom is -0.481 e. The van der Waals surface area contributed by atoms with Crippen molar-refractivity contribution in [2.75, 3.05) is 26.3 Å². The number of carbonyl (C=O) groups excluding carboxylic acids is 1. The van der Waals surface area contributed by atoms with Gasteiger partial charge in [0.1, 0.15) is 5.54 Å². The van der Waals surface area contributed by atoms with Crippen molar-refractivity contribution in [2.24, 2.45) is 5.73 Å². The second-order valence-corrected chi connectivity index (χ2v) is 3.99. The number of carboxylic acid groups (broad SMARTS) is 1. The lowest BCUT2D eigenvalue weighted by Gasteiger charge is -2.29. The average Bonchev–Trinajstić information content (AvgIpc) is 2.66. The van der Waals surface area contributed by atoms with E-state index < -0.39 is 11.5 Å². The molecule has 3 N–H and O–H groups in total. The van der Waals surface area contributed by atoms with Crippen molar-refractivity contribution in [3.05, 3.63) is 0 Å². The van der Waals surface area contributed by atoms with Crippen LogP contribution in [0.4, 0.5) is 0 Å². The first-order chi connectivity index (χ1) is 7.49. The van der Waals surface area contributed by atoms with Crippen LogP contribution in [-0.4, -0.2) is 53.7 Å². The fourth-order valence-electron chi connectivity index (χ4n) is 1.70. The minimum absolute atomic E-state index is 0.0590. The van der Waals surface area contributed by atoms with E-state index in [1.807, 2.05) is 0 Å². The molecule has 1 atom stereocenters. The van der Waals surface area contributed by atoms with Crippen LogP contribution >= 0.6 is 0 Å². The third-order valence-corrected chi connectivity index (χ3v) is 2.74. The molecule has 1 unspecified atom stereocenters. The molecule has 1 saturated heterocycles. The van der Waals surface area contributed by atoms with Crippen LogP contribution in [0.25, 0.3) is 0 Å². The maximum absolute atomic E-state index is 12.0. The molecule has 0 saturated carbocycles. The van der Waals surface area contributed by atoms with E-state index >= 15 is 0 Å². The summed E-state index contributed by atoms with van der Waals surface area (Å²) in [6, 6.07) is 0. The van der Waals surface area contributed by atoms with E-state index in [1.165, 1.54) is 4.90 Å². The van der Waals surface area contributed by atoms with Gasteiger partial charge in [0, 0.05) is 19.7 Å². The number of nitrogens with zero attached hydrogens (tertiary/aromatic N) is 1. The summed E-state index contributed by atoms with van der Waals surface area (Å²) in [6.07, 6.45) is 0.436. The minimum atomic E-state index is -0.964. The quantitative estimate of drug-likeness (QED) is 0.659. The first-order valence-corrected chi connectivity index (χ1v) is 5.37. The molecule has 0 aromatic heterocycles. The zero-order valence-corrected chi connectivity index (χ0v) is 9.44. The highest BCUT2D eigenvalue weighted by Crippen LogP contribution is 2.18. The van der Waals surface area contributed by atoms with Gasteiger partial charge in [0.15, 0.2) is 0 Å². The maximum Gasteiger partial charge on any atom is 0.305 e. The van der Waals surface area contributed by atoms with Crippen molar-refractivity contribution < 1.29 is 19.4 Å². The Morgan fingerprint density at radius 1 is 1.56 bits per heavy atom. The lowest BCUT2D eigenvalue weighted by molar-refractivity contribution is -0.140. The zero-order chi connectivity index (χ0) is 12.2. The lowest BCUT2D eigenvalue weighted by Crippen LogP contribution is -2.56. The molecule has 0 aliphatic carbocycles. The van der Waals surface area contributed by atoms with Gasteiger partial charge in [0.05, 0.1) is 13.0 Å². The molecule has 0 spiro atoms. The number of nitrogens with two attached hydrogens (primary N) is 1. The number of carboxylic acids is 1. The SMILES string of the molecule is CCN(CCC(=O)O)C(=O)C1(N)CCOC1. The zero-order valence-electron chi connectivity index (χ0n) is 9.44. The van der Waals surface area contributed by atoms with Gasteiger partial charge in [-0.25, -0.2) is 0 Å². The number of ether oxygens (including phenoxy) is 1. The summed E-state index contributed by atoms with van der Waals surface area (Å²) in [7, 11) is 0. The Morgan fingerprint density at radius 2 is 2.25 bits per heavy atom. The molecule has 6 heteroatoms. The molecule has 0 radical (unpaired) electrons. The smallest absolute Gasteiger partial charge is 0.305 e. The molecule has 1 rings (SSSR count). The van der Waals surface area contributed by atoms with Gasteiger partial charge in [-0.15, -0.1) is 0 Å². The number of likely N-dealkylation sites (N-methyl/N-ethyl adjacent to an activating group) is 1. The molecule has 0 aromatic rings. The van der Waals surface area contributed by atoms with Crippen molar-refractivity contribution in [1.82, 2.24) is 4.90 Å². The van der Waals surface area contributed by atoms with Crippen LogP contribution in [0.1, 0.15) is 19.8 Å². The standard InChI is InChI=1S/C10H18N2O4/c1-2-12(5-3-8(13)14)9(15)10(11)4-6-16-7-10/h2-7,11H2,1H3,(H,13,14). The van der Waals surface area contributed by atoms with Crippen LogP contribution in [0.3, 0.4) is 0 Å². The van der Waals surface area contributed by atoms with Crippen LogP contribution in [-0.2, 0) is 14.3 Å². The molecule has 6 nitrogen and oxygen atoms in total. The van der Waals surface area contributed by atoms with Gasteiger partial charge in [-0.1, -0.05) is 0 Å². The van der Waals surface area contributed by atoms with E-state index in [2.05, 4.69) is 0 Å². The first-order valence-electron chi connectivity index (χ1n) is 5.37. The average molecular weight is 230 g/mol. The van der Waals surface area contributed by atoms with Gasteiger partial charge in [-0.3, -0.25) is 9.59 Å². The number of aliphatic carboxylic acids is 1. The monoisotopic (exact) mass is 230 g/mol. The maximum atomic E-state index is 12.0. The third kappa shape index (κ3) is 2.93. The Labute approximate surface area is 94.3 Å². The molecular weight excluding hydrogens is 212 g/mol. The number of rotatable bonds is 5. The highest BCUT2D eigenvalue weighted by molar-refractivity contribution is 5.87. The van der Waals surface area contributed by atoms with Crippen LogP contribution in [0.15, 0.2) is 0 Å². The molecule has 1 aliphatic rings. The molecule has 1 aliphatic heterocycles. The van der Waals surface area contributed by atoms with Gasteiger partial charge in [0.2, 0.25) is 5.91 Å². The Kier molecular flexibility index (Phi) is 4.26. The molecule has 1 heterocycles. The van der Waals surface area contributed by atoms with Crippen molar-refractivity contribution in [2.45, 2.75) is 25.3 Å². The van der Waals surface area contributed by atoms with Gasteiger partial charge in [-0.2, -0.15) is 0 Å². The van der Waals surface area contributed by atoms with Gasteiger partial charge < -0.3 is 20.5 Å². The largest absolute Gasteiger partial charge is 0.481 e. The Balaban J connectivity index is 2.58. The number of hydrogen-bond donors (Lipinski definition) is 2. The lowest BCUT2D eigenvalue weighted by atomic mass is 9.98. The molecule has 1 fully saturated rings. The van der Waals surface area contributed by atoms with Crippen LogP contribution < -0.4 is 5.73 Å². The summed E-state index contributed by atoms with van der Waals surface area (Å²) in [5, 5.41) is 8.58. The van der Waals surface area contributed by atoms with Crippen molar-refractivity contribution >= 4 is 11.9 Å². The number of amides is 1. The van der Waals surface area contributed by atoms with Crippen molar-refractivity contribution in [3.63, 3.8) is 0 Å². The summed E-state index contributed by atoms with van der Waals surface area (Å²) in [5.41, 5.74) is 4.96. The topological polar surface area (TPSA) is 92.9 Å². The highest BCUT2D eigenvalue weighted by atomic mass is 16.5. The van der Waals surface area contributed by atoms with Crippen LogP contribution in [0.2, 0.25) is 0 Å². The second kappa shape index (κ2) is 5.27. The van der Waals surface area contributed by atoms with Crippen molar-refractivity contribution in [1.29, 1.82) is 0 Å². The summed E-state index contributed by atoms with van der Waals surface area (Å²) in [6.45, 7) is 3.17. The second-order valence-electron chi connectivity index (χ2n) is 3.99. The molecule has 16 heavy (non-hydrogen) atoms. The van der Waals surface area contributed by atoms with Crippen LogP contribution in [0.5, 0.6) is 0 Å². The van der Waals surface area contributed by atoms with E-state index in [-0.39, 0.29) is 25.5 Å². The first kappa shape index (κ1) is 12.9. The summed E-state index contributed by atoms with van der Waals surface area (Å²) < 4.78 is 5.11. The number of hydrogen-bond acceptors (Lipinski definition) is 4. The molecule has 0 bridgehead atoms. The molecule has 0 aromatic carbocycles. The van der Waals surface area contributed by atoms with Gasteiger partial charge >= 0.3 is 5.97 Å². The van der Waals surface area contributed by atoms with E-state index in [0.29, 0.717) is 19.6 Å². The summed E-state index contributed by atoms with van der Waals surface area (Å²) >= 11 is 0.